The Bertz CT molecular complexity index is 753. The van der Waals surface area contributed by atoms with Crippen molar-refractivity contribution in [2.75, 3.05) is 26.8 Å². The van der Waals surface area contributed by atoms with Crippen LogP contribution in [0.2, 0.25) is 0 Å². The molecule has 29 heavy (non-hydrogen) atoms. The van der Waals surface area contributed by atoms with Crippen molar-refractivity contribution in [1.29, 1.82) is 0 Å². The summed E-state index contributed by atoms with van der Waals surface area (Å²) in [5, 5.41) is 4.56. The average Bonchev–Trinajstić information content (AvgIpc) is 2.95. The fourth-order valence-corrected chi connectivity index (χ4v) is 5.56. The van der Waals surface area contributed by atoms with Crippen molar-refractivity contribution in [2.24, 2.45) is 11.3 Å². The molecule has 0 N–H and O–H groups in total. The molecule has 0 radical (unpaired) electrons. The van der Waals surface area contributed by atoms with E-state index in [4.69, 9.17) is 4.74 Å². The van der Waals surface area contributed by atoms with E-state index in [-0.39, 0.29) is 17.0 Å². The van der Waals surface area contributed by atoms with Gasteiger partial charge in [-0.2, -0.15) is 5.10 Å². The number of carbonyl (C=O) groups is 1. The Morgan fingerprint density at radius 3 is 2.45 bits per heavy atom. The molecule has 0 unspecified atom stereocenters. The molecule has 1 amide bonds. The Kier molecular flexibility index (Phi) is 6.42. The quantitative estimate of drug-likeness (QED) is 0.724. The molecular formula is C22H36N4O3. The highest BCUT2D eigenvalue weighted by atomic mass is 16.5. The van der Waals surface area contributed by atoms with E-state index in [2.05, 4.69) is 10.00 Å². The Balaban J connectivity index is 1.35. The molecule has 2 aliphatic heterocycles. The number of nitrogens with zero attached hydrogens (tertiary/aromatic N) is 4. The molecule has 0 aromatic carbocycles. The Labute approximate surface area is 173 Å². The lowest BCUT2D eigenvalue weighted by Gasteiger charge is -2.42. The summed E-state index contributed by atoms with van der Waals surface area (Å²) in [7, 11) is 1.64. The van der Waals surface area contributed by atoms with Crippen molar-refractivity contribution in [3.8, 4) is 0 Å². The third-order valence-electron chi connectivity index (χ3n) is 7.59. The molecule has 1 saturated carbocycles. The minimum Gasteiger partial charge on any atom is -0.383 e. The summed E-state index contributed by atoms with van der Waals surface area (Å²) in [4.78, 5) is 27.8. The van der Waals surface area contributed by atoms with Gasteiger partial charge in [0.2, 0.25) is 5.91 Å². The summed E-state index contributed by atoms with van der Waals surface area (Å²) < 4.78 is 8.50. The maximum atomic E-state index is 13.0. The topological polar surface area (TPSA) is 69.4 Å². The zero-order valence-corrected chi connectivity index (χ0v) is 17.9. The van der Waals surface area contributed by atoms with Crippen molar-refractivity contribution in [3.05, 3.63) is 16.3 Å². The molecule has 4 rings (SSSR count). The lowest BCUT2D eigenvalue weighted by molar-refractivity contribution is -0.138. The lowest BCUT2D eigenvalue weighted by atomic mass is 9.72. The van der Waals surface area contributed by atoms with Crippen LogP contribution in [0.1, 0.15) is 70.0 Å². The van der Waals surface area contributed by atoms with Crippen LogP contribution in [0.5, 0.6) is 0 Å². The van der Waals surface area contributed by atoms with Gasteiger partial charge in [-0.15, -0.1) is 0 Å². The minimum absolute atomic E-state index is 0.00456. The smallest absolute Gasteiger partial charge is 0.345 e. The normalized spacial score (nSPS) is 22.9. The number of fused-ring (bicyclic) bond motifs is 1. The van der Waals surface area contributed by atoms with Crippen LogP contribution < -0.4 is 5.69 Å². The second-order valence-corrected chi connectivity index (χ2v) is 9.33. The van der Waals surface area contributed by atoms with E-state index in [0.29, 0.717) is 19.1 Å². The van der Waals surface area contributed by atoms with Gasteiger partial charge < -0.3 is 9.64 Å². The first-order valence-electron chi connectivity index (χ1n) is 11.6. The Morgan fingerprint density at radius 2 is 1.76 bits per heavy atom. The van der Waals surface area contributed by atoms with Gasteiger partial charge in [-0.25, -0.2) is 9.48 Å². The number of aromatic nitrogens is 3. The molecule has 2 fully saturated rings. The van der Waals surface area contributed by atoms with Crippen molar-refractivity contribution < 1.29 is 9.53 Å². The van der Waals surface area contributed by atoms with E-state index in [1.54, 1.807) is 11.8 Å². The van der Waals surface area contributed by atoms with Gasteiger partial charge in [0.05, 0.1) is 13.2 Å². The second kappa shape index (κ2) is 9.02. The molecule has 7 heteroatoms. The summed E-state index contributed by atoms with van der Waals surface area (Å²) >= 11 is 0. The van der Waals surface area contributed by atoms with Crippen molar-refractivity contribution >= 4 is 5.91 Å². The first kappa shape index (κ1) is 20.6. The van der Waals surface area contributed by atoms with Crippen LogP contribution in [0.25, 0.3) is 0 Å². The van der Waals surface area contributed by atoms with E-state index in [1.807, 2.05) is 4.57 Å². The van der Waals surface area contributed by atoms with E-state index < -0.39 is 0 Å². The maximum absolute atomic E-state index is 13.0. The molecule has 1 saturated heterocycles. The van der Waals surface area contributed by atoms with Gasteiger partial charge in [-0.05, 0) is 43.9 Å². The predicted molar refractivity (Wildman–Crippen MR) is 111 cm³/mol. The van der Waals surface area contributed by atoms with E-state index in [9.17, 15) is 9.59 Å². The van der Waals surface area contributed by atoms with Crippen molar-refractivity contribution in [3.63, 3.8) is 0 Å². The molecule has 0 bridgehead atoms. The third kappa shape index (κ3) is 4.44. The van der Waals surface area contributed by atoms with Crippen molar-refractivity contribution in [2.45, 2.75) is 83.7 Å². The Morgan fingerprint density at radius 1 is 1.07 bits per heavy atom. The van der Waals surface area contributed by atoms with Crippen LogP contribution in [0.15, 0.2) is 4.79 Å². The first-order chi connectivity index (χ1) is 14.1. The van der Waals surface area contributed by atoms with Gasteiger partial charge >= 0.3 is 5.69 Å². The van der Waals surface area contributed by atoms with Crippen molar-refractivity contribution in [1.82, 2.24) is 19.2 Å². The second-order valence-electron chi connectivity index (χ2n) is 9.33. The van der Waals surface area contributed by atoms with Crippen LogP contribution in [0, 0.1) is 11.3 Å². The van der Waals surface area contributed by atoms with Crippen LogP contribution in [0.3, 0.4) is 0 Å². The van der Waals surface area contributed by atoms with E-state index >= 15 is 0 Å². The summed E-state index contributed by atoms with van der Waals surface area (Å²) in [6, 6.07) is 0. The average molecular weight is 405 g/mol. The summed E-state index contributed by atoms with van der Waals surface area (Å²) in [5.41, 5.74) is 0.250. The fraction of sp³-hybridized carbons (Fsp3) is 0.864. The number of ether oxygens (including phenoxy) is 1. The number of piperidine rings is 1. The molecular weight excluding hydrogens is 368 g/mol. The van der Waals surface area contributed by atoms with E-state index in [1.165, 1.54) is 25.7 Å². The SMILES string of the molecule is COCCn1nc2n(c1=O)CCC1(CC2)CCN(C(=O)C2CCCCCC2)CC1. The highest BCUT2D eigenvalue weighted by molar-refractivity contribution is 5.79. The van der Waals surface area contributed by atoms with Crippen LogP contribution in [-0.4, -0.2) is 52.0 Å². The molecule has 3 aliphatic rings. The standard InChI is InChI=1S/C22H36N4O3/c1-29-17-16-26-21(28)25-15-12-22(9-8-19(25)23-26)10-13-24(14-11-22)20(27)18-6-4-2-3-5-7-18/h18H,2-17H2,1H3. The number of methoxy groups -OCH3 is 1. The Hall–Kier alpha value is -1.63. The third-order valence-corrected chi connectivity index (χ3v) is 7.59. The highest BCUT2D eigenvalue weighted by Crippen LogP contribution is 2.41. The maximum Gasteiger partial charge on any atom is 0.345 e. The summed E-state index contributed by atoms with van der Waals surface area (Å²) in [5.74, 6) is 1.58. The van der Waals surface area contributed by atoms with Gasteiger partial charge in [0.15, 0.2) is 0 Å². The monoisotopic (exact) mass is 404 g/mol. The lowest BCUT2D eigenvalue weighted by Crippen LogP contribution is -2.45. The van der Waals surface area contributed by atoms with Gasteiger partial charge in [-0.1, -0.05) is 25.7 Å². The number of carbonyl (C=O) groups excluding carboxylic acids is 1. The summed E-state index contributed by atoms with van der Waals surface area (Å²) in [6.07, 6.45) is 12.2. The van der Waals surface area contributed by atoms with Crippen LogP contribution in [-0.2, 0) is 29.0 Å². The van der Waals surface area contributed by atoms with Crippen LogP contribution >= 0.6 is 0 Å². The molecule has 0 atom stereocenters. The highest BCUT2D eigenvalue weighted by Gasteiger charge is 2.39. The largest absolute Gasteiger partial charge is 0.383 e. The number of hydrogen-bond donors (Lipinski definition) is 0. The van der Waals surface area contributed by atoms with Gasteiger partial charge in [-0.3, -0.25) is 9.36 Å². The molecule has 7 nitrogen and oxygen atoms in total. The summed E-state index contributed by atoms with van der Waals surface area (Å²) in [6.45, 7) is 3.53. The zero-order valence-electron chi connectivity index (χ0n) is 17.9. The number of hydrogen-bond acceptors (Lipinski definition) is 4. The molecule has 1 spiro atoms. The number of aryl methyl sites for hydroxylation is 1. The number of rotatable bonds is 4. The minimum atomic E-state index is -0.00456. The van der Waals surface area contributed by atoms with Gasteiger partial charge in [0, 0.05) is 39.1 Å². The molecule has 1 aliphatic carbocycles. The molecule has 162 valence electrons. The van der Waals surface area contributed by atoms with Gasteiger partial charge in [0.25, 0.3) is 0 Å². The first-order valence-corrected chi connectivity index (χ1v) is 11.6. The number of amides is 1. The van der Waals surface area contributed by atoms with E-state index in [0.717, 1.165) is 70.4 Å². The van der Waals surface area contributed by atoms with Gasteiger partial charge in [0.1, 0.15) is 5.82 Å². The van der Waals surface area contributed by atoms with Crippen LogP contribution in [0.4, 0.5) is 0 Å². The molecule has 3 heterocycles. The molecule has 1 aromatic rings. The predicted octanol–water partition coefficient (Wildman–Crippen LogP) is 2.61. The number of likely N-dealkylation sites (tertiary alicyclic amines) is 1. The fourth-order valence-electron chi connectivity index (χ4n) is 5.56. The zero-order chi connectivity index (χ0) is 20.3. The molecule has 1 aromatic heterocycles.